The molecule has 0 fully saturated rings. The van der Waals surface area contributed by atoms with Crippen molar-refractivity contribution in [3.05, 3.63) is 81.4 Å². The molecule has 0 amide bonds. The first-order chi connectivity index (χ1) is 11.3. The summed E-state index contributed by atoms with van der Waals surface area (Å²) in [5, 5.41) is 8.26. The molecule has 2 heterocycles. The number of benzene rings is 1. The predicted molar refractivity (Wildman–Crippen MR) is 93.0 cm³/mol. The molecule has 7 heteroatoms. The van der Waals surface area contributed by atoms with E-state index >= 15 is 0 Å². The Morgan fingerprint density at radius 2 is 1.87 bits per heavy atom. The van der Waals surface area contributed by atoms with Crippen molar-refractivity contribution in [1.82, 2.24) is 14.8 Å². The molecular weight excluding hydrogens is 358 g/mol. The third-order valence-corrected chi connectivity index (χ3v) is 3.79. The summed E-state index contributed by atoms with van der Waals surface area (Å²) < 4.78 is 1.69. The van der Waals surface area contributed by atoms with Crippen LogP contribution in [0, 0.1) is 0 Å². The SMILES string of the molecule is O=c1c(Br)c(N/N=C\c2ccncc2)cnn1-c1ccccc1. The molecule has 3 aromatic rings. The van der Waals surface area contributed by atoms with E-state index in [1.807, 2.05) is 42.5 Å². The average Bonchev–Trinajstić information content (AvgIpc) is 2.60. The lowest BCUT2D eigenvalue weighted by molar-refractivity contribution is 0.801. The number of hydrazone groups is 1. The van der Waals surface area contributed by atoms with Crippen molar-refractivity contribution in [2.24, 2.45) is 5.10 Å². The number of aromatic nitrogens is 3. The molecule has 0 aliphatic carbocycles. The van der Waals surface area contributed by atoms with Crippen LogP contribution in [0.15, 0.2) is 75.4 Å². The first kappa shape index (κ1) is 15.1. The van der Waals surface area contributed by atoms with Gasteiger partial charge in [0.05, 0.1) is 23.8 Å². The summed E-state index contributed by atoms with van der Waals surface area (Å²) in [6, 6.07) is 12.9. The van der Waals surface area contributed by atoms with Crippen LogP contribution in [0.1, 0.15) is 5.56 Å². The lowest BCUT2D eigenvalue weighted by Gasteiger charge is -2.07. The fourth-order valence-electron chi connectivity index (χ4n) is 1.89. The van der Waals surface area contributed by atoms with Crippen molar-refractivity contribution in [1.29, 1.82) is 0 Å². The van der Waals surface area contributed by atoms with Gasteiger partial charge in [-0.15, -0.1) is 0 Å². The van der Waals surface area contributed by atoms with E-state index in [4.69, 9.17) is 0 Å². The van der Waals surface area contributed by atoms with Crippen LogP contribution in [0.4, 0.5) is 5.69 Å². The summed E-state index contributed by atoms with van der Waals surface area (Å²) in [6.45, 7) is 0. The van der Waals surface area contributed by atoms with Gasteiger partial charge in [-0.2, -0.15) is 14.9 Å². The van der Waals surface area contributed by atoms with Gasteiger partial charge in [0, 0.05) is 12.4 Å². The maximum Gasteiger partial charge on any atom is 0.287 e. The van der Waals surface area contributed by atoms with Crippen LogP contribution in [-0.4, -0.2) is 21.0 Å². The number of hydrogen-bond donors (Lipinski definition) is 1. The highest BCUT2D eigenvalue weighted by Gasteiger charge is 2.09. The van der Waals surface area contributed by atoms with Crippen molar-refractivity contribution >= 4 is 27.8 Å². The number of rotatable bonds is 4. The summed E-state index contributed by atoms with van der Waals surface area (Å²) in [4.78, 5) is 16.3. The van der Waals surface area contributed by atoms with E-state index in [2.05, 4.69) is 36.5 Å². The Hall–Kier alpha value is -2.80. The molecule has 0 bridgehead atoms. The highest BCUT2D eigenvalue weighted by Crippen LogP contribution is 2.17. The summed E-state index contributed by atoms with van der Waals surface area (Å²) in [5.41, 5.74) is 4.63. The largest absolute Gasteiger partial charge is 0.287 e. The molecule has 0 aliphatic heterocycles. The van der Waals surface area contributed by atoms with Gasteiger partial charge in [0.2, 0.25) is 0 Å². The first-order valence-electron chi connectivity index (χ1n) is 6.78. The molecule has 0 saturated heterocycles. The number of anilines is 1. The molecule has 0 radical (unpaired) electrons. The van der Waals surface area contributed by atoms with E-state index in [-0.39, 0.29) is 5.56 Å². The van der Waals surface area contributed by atoms with Crippen LogP contribution in [0.2, 0.25) is 0 Å². The summed E-state index contributed by atoms with van der Waals surface area (Å²) >= 11 is 3.30. The molecule has 114 valence electrons. The van der Waals surface area contributed by atoms with Gasteiger partial charge in [-0.1, -0.05) is 18.2 Å². The Morgan fingerprint density at radius 3 is 2.61 bits per heavy atom. The first-order valence-corrected chi connectivity index (χ1v) is 7.57. The van der Waals surface area contributed by atoms with Gasteiger partial charge in [0.15, 0.2) is 0 Å². The number of nitrogens with one attached hydrogen (secondary N) is 1. The van der Waals surface area contributed by atoms with Gasteiger partial charge in [-0.3, -0.25) is 15.2 Å². The van der Waals surface area contributed by atoms with E-state index in [1.54, 1.807) is 24.8 Å². The van der Waals surface area contributed by atoms with Gasteiger partial charge in [0.25, 0.3) is 5.56 Å². The zero-order valence-electron chi connectivity index (χ0n) is 11.9. The van der Waals surface area contributed by atoms with Crippen LogP contribution >= 0.6 is 15.9 Å². The molecule has 0 unspecified atom stereocenters. The maximum absolute atomic E-state index is 12.4. The summed E-state index contributed by atoms with van der Waals surface area (Å²) in [7, 11) is 0. The molecule has 0 atom stereocenters. The van der Waals surface area contributed by atoms with Crippen LogP contribution in [0.25, 0.3) is 5.69 Å². The average molecular weight is 370 g/mol. The van der Waals surface area contributed by atoms with Crippen molar-refractivity contribution in [3.8, 4) is 5.69 Å². The zero-order valence-corrected chi connectivity index (χ0v) is 13.5. The Bertz CT molecular complexity index is 878. The van der Waals surface area contributed by atoms with Gasteiger partial charge in [-0.25, -0.2) is 0 Å². The van der Waals surface area contributed by atoms with Crippen molar-refractivity contribution < 1.29 is 0 Å². The van der Waals surface area contributed by atoms with E-state index in [0.717, 1.165) is 5.56 Å². The van der Waals surface area contributed by atoms with E-state index in [0.29, 0.717) is 15.8 Å². The molecule has 0 spiro atoms. The Morgan fingerprint density at radius 1 is 1.13 bits per heavy atom. The molecule has 1 N–H and O–H groups in total. The van der Waals surface area contributed by atoms with Crippen LogP contribution in [-0.2, 0) is 0 Å². The number of pyridine rings is 1. The molecule has 0 saturated carbocycles. The lowest BCUT2D eigenvalue weighted by atomic mass is 10.3. The third kappa shape index (κ3) is 3.51. The molecule has 6 nitrogen and oxygen atoms in total. The number of hydrogen-bond acceptors (Lipinski definition) is 5. The van der Waals surface area contributed by atoms with Crippen molar-refractivity contribution in [2.45, 2.75) is 0 Å². The molecule has 1 aromatic carbocycles. The number of para-hydroxylation sites is 1. The van der Waals surface area contributed by atoms with E-state index in [1.165, 1.54) is 4.68 Å². The van der Waals surface area contributed by atoms with Gasteiger partial charge >= 0.3 is 0 Å². The second-order valence-electron chi connectivity index (χ2n) is 4.58. The molecular formula is C16H12BrN5O. The Labute approximate surface area is 140 Å². The van der Waals surface area contributed by atoms with Crippen molar-refractivity contribution in [2.75, 3.05) is 5.43 Å². The van der Waals surface area contributed by atoms with Crippen LogP contribution in [0.3, 0.4) is 0 Å². The minimum atomic E-state index is -0.264. The van der Waals surface area contributed by atoms with Gasteiger partial charge in [0.1, 0.15) is 4.47 Å². The summed E-state index contributed by atoms with van der Waals surface area (Å²) in [6.07, 6.45) is 6.54. The standard InChI is InChI=1S/C16H12BrN5O/c17-15-14(21-19-10-12-6-8-18-9-7-12)11-20-22(16(15)23)13-4-2-1-3-5-13/h1-11,21H/b19-10-. The minimum Gasteiger partial charge on any atom is -0.275 e. The fraction of sp³-hybridized carbons (Fsp3) is 0. The van der Waals surface area contributed by atoms with Gasteiger partial charge in [-0.05, 0) is 45.8 Å². The molecule has 0 aliphatic rings. The number of halogens is 1. The van der Waals surface area contributed by atoms with E-state index in [9.17, 15) is 4.79 Å². The smallest absolute Gasteiger partial charge is 0.275 e. The Kier molecular flexibility index (Phi) is 4.58. The normalized spacial score (nSPS) is 10.8. The molecule has 23 heavy (non-hydrogen) atoms. The molecule has 2 aromatic heterocycles. The quantitative estimate of drug-likeness (QED) is 0.566. The van der Waals surface area contributed by atoms with Gasteiger partial charge < -0.3 is 0 Å². The van der Waals surface area contributed by atoms with Crippen LogP contribution < -0.4 is 11.0 Å². The molecule has 3 rings (SSSR count). The van der Waals surface area contributed by atoms with E-state index < -0.39 is 0 Å². The fourth-order valence-corrected chi connectivity index (χ4v) is 2.25. The minimum absolute atomic E-state index is 0.264. The number of nitrogens with zero attached hydrogens (tertiary/aromatic N) is 4. The monoisotopic (exact) mass is 369 g/mol. The zero-order chi connectivity index (χ0) is 16.1. The topological polar surface area (TPSA) is 72.2 Å². The highest BCUT2D eigenvalue weighted by atomic mass is 79.9. The second-order valence-corrected chi connectivity index (χ2v) is 5.37. The summed E-state index contributed by atoms with van der Waals surface area (Å²) in [5.74, 6) is 0. The highest BCUT2D eigenvalue weighted by molar-refractivity contribution is 9.10. The lowest BCUT2D eigenvalue weighted by Crippen LogP contribution is -2.22. The van der Waals surface area contributed by atoms with Crippen molar-refractivity contribution in [3.63, 3.8) is 0 Å². The van der Waals surface area contributed by atoms with Crippen LogP contribution in [0.5, 0.6) is 0 Å². The Balaban J connectivity index is 1.84. The third-order valence-electron chi connectivity index (χ3n) is 3.02. The maximum atomic E-state index is 12.4. The predicted octanol–water partition coefficient (Wildman–Crippen LogP) is 2.84. The second kappa shape index (κ2) is 6.97.